The summed E-state index contributed by atoms with van der Waals surface area (Å²) in [6.45, 7) is 5.72. The van der Waals surface area contributed by atoms with Gasteiger partial charge in [0, 0.05) is 19.1 Å². The van der Waals surface area contributed by atoms with Gasteiger partial charge in [-0.25, -0.2) is 9.59 Å². The van der Waals surface area contributed by atoms with E-state index in [4.69, 9.17) is 4.74 Å². The second-order valence-corrected chi connectivity index (χ2v) is 5.39. The van der Waals surface area contributed by atoms with E-state index in [0.29, 0.717) is 11.8 Å². The van der Waals surface area contributed by atoms with Crippen molar-refractivity contribution in [2.45, 2.75) is 46.3 Å². The highest BCUT2D eigenvalue weighted by Crippen LogP contribution is 2.09. The first-order valence-corrected chi connectivity index (χ1v) is 7.67. The molecule has 0 spiro atoms. The van der Waals surface area contributed by atoms with Crippen molar-refractivity contribution in [3.05, 3.63) is 0 Å². The van der Waals surface area contributed by atoms with Crippen molar-refractivity contribution in [2.24, 2.45) is 0 Å². The summed E-state index contributed by atoms with van der Waals surface area (Å²) in [7, 11) is 0. The fourth-order valence-corrected chi connectivity index (χ4v) is 1.82. The Morgan fingerprint density at radius 3 is 2.27 bits per heavy atom. The number of nitrogens with one attached hydrogen (secondary N) is 1. The number of carbonyl (C=O) groups excluding carboxylic acids is 4. The summed E-state index contributed by atoms with van der Waals surface area (Å²) in [5.74, 6) is -1.60. The number of carbonyl (C=O) groups is 4. The minimum Gasteiger partial charge on any atom is -0.461 e. The van der Waals surface area contributed by atoms with E-state index in [0.717, 1.165) is 0 Å². The van der Waals surface area contributed by atoms with Crippen LogP contribution in [0.25, 0.3) is 0 Å². The predicted octanol–water partition coefficient (Wildman–Crippen LogP) is 1.22. The Kier molecular flexibility index (Phi) is 10.0. The Hall–Kier alpha value is -1.77. The molecule has 0 aliphatic rings. The number of amides is 1. The van der Waals surface area contributed by atoms with E-state index in [1.807, 2.05) is 0 Å². The van der Waals surface area contributed by atoms with Gasteiger partial charge < -0.3 is 19.5 Å². The van der Waals surface area contributed by atoms with Crippen LogP contribution in [0.2, 0.25) is 0 Å². The summed E-state index contributed by atoms with van der Waals surface area (Å²) in [5.41, 5.74) is 0. The van der Waals surface area contributed by atoms with Gasteiger partial charge >= 0.3 is 17.2 Å². The third-order valence-electron chi connectivity index (χ3n) is 2.07. The molecule has 0 unspecified atom stereocenters. The van der Waals surface area contributed by atoms with Crippen LogP contribution in [0.15, 0.2) is 0 Å². The van der Waals surface area contributed by atoms with E-state index in [1.165, 1.54) is 6.92 Å². The molecule has 1 N–H and O–H groups in total. The van der Waals surface area contributed by atoms with Crippen LogP contribution in [-0.2, 0) is 28.6 Å². The van der Waals surface area contributed by atoms with Gasteiger partial charge in [0.15, 0.2) is 0 Å². The average molecular weight is 335 g/mol. The molecule has 0 saturated carbocycles. The molecular formula is C13H21NO7S. The first kappa shape index (κ1) is 20.2. The van der Waals surface area contributed by atoms with Gasteiger partial charge in [0.1, 0.15) is 6.04 Å². The first-order chi connectivity index (χ1) is 10.3. The number of rotatable bonds is 8. The van der Waals surface area contributed by atoms with Crippen molar-refractivity contribution in [1.82, 2.24) is 5.32 Å². The molecule has 9 heteroatoms. The SMILES string of the molecule is CCC(=O)OCOC(=O)SC[C@H](NC(C)=O)C(=O)OC(C)C. The lowest BCUT2D eigenvalue weighted by Gasteiger charge is -2.17. The van der Waals surface area contributed by atoms with Crippen LogP contribution in [0.4, 0.5) is 4.79 Å². The zero-order valence-electron chi connectivity index (χ0n) is 13.0. The highest BCUT2D eigenvalue weighted by Gasteiger charge is 2.23. The Morgan fingerprint density at radius 1 is 1.14 bits per heavy atom. The van der Waals surface area contributed by atoms with E-state index in [2.05, 4.69) is 14.8 Å². The third-order valence-corrected chi connectivity index (χ3v) is 2.92. The number of ether oxygens (including phenoxy) is 3. The van der Waals surface area contributed by atoms with E-state index >= 15 is 0 Å². The lowest BCUT2D eigenvalue weighted by Crippen LogP contribution is -2.43. The fourth-order valence-electron chi connectivity index (χ4n) is 1.17. The monoisotopic (exact) mass is 335 g/mol. The summed E-state index contributed by atoms with van der Waals surface area (Å²) in [4.78, 5) is 45.1. The van der Waals surface area contributed by atoms with Crippen molar-refractivity contribution < 1.29 is 33.4 Å². The summed E-state index contributed by atoms with van der Waals surface area (Å²) >= 11 is 0.673. The minimum absolute atomic E-state index is 0.0499. The Labute approximate surface area is 133 Å². The lowest BCUT2D eigenvalue weighted by molar-refractivity contribution is -0.151. The number of hydrogen-bond donors (Lipinski definition) is 1. The Morgan fingerprint density at radius 2 is 1.77 bits per heavy atom. The van der Waals surface area contributed by atoms with Gasteiger partial charge in [0.05, 0.1) is 6.10 Å². The highest BCUT2D eigenvalue weighted by atomic mass is 32.2. The molecule has 0 aliphatic carbocycles. The van der Waals surface area contributed by atoms with Crippen LogP contribution in [0.3, 0.4) is 0 Å². The van der Waals surface area contributed by atoms with Gasteiger partial charge in [0.2, 0.25) is 12.7 Å². The normalized spacial score (nSPS) is 11.5. The van der Waals surface area contributed by atoms with Crippen LogP contribution < -0.4 is 5.32 Å². The predicted molar refractivity (Wildman–Crippen MR) is 79.0 cm³/mol. The fraction of sp³-hybridized carbons (Fsp3) is 0.692. The standard InChI is InChI=1S/C13H21NO7S/c1-5-11(16)19-7-20-13(18)22-6-10(14-9(4)15)12(17)21-8(2)3/h8,10H,5-7H2,1-4H3,(H,14,15)/t10-/m0/s1. The smallest absolute Gasteiger partial charge is 0.370 e. The van der Waals surface area contributed by atoms with Crippen LogP contribution in [0, 0.1) is 0 Å². The van der Waals surface area contributed by atoms with Crippen molar-refractivity contribution >= 4 is 34.9 Å². The quantitative estimate of drug-likeness (QED) is 0.521. The molecule has 1 atom stereocenters. The second kappa shape index (κ2) is 10.9. The molecule has 0 aromatic heterocycles. The summed E-state index contributed by atoms with van der Waals surface area (Å²) in [6, 6.07) is -0.962. The molecule has 0 radical (unpaired) electrons. The van der Waals surface area contributed by atoms with Crippen LogP contribution in [0.1, 0.15) is 34.1 Å². The number of hydrogen-bond acceptors (Lipinski definition) is 8. The molecule has 1 amide bonds. The Balaban J connectivity index is 4.26. The van der Waals surface area contributed by atoms with Gasteiger partial charge in [-0.3, -0.25) is 9.59 Å². The first-order valence-electron chi connectivity index (χ1n) is 6.69. The zero-order chi connectivity index (χ0) is 17.1. The van der Waals surface area contributed by atoms with Crippen molar-refractivity contribution in [1.29, 1.82) is 0 Å². The maximum Gasteiger partial charge on any atom is 0.370 e. The van der Waals surface area contributed by atoms with Crippen molar-refractivity contribution in [3.8, 4) is 0 Å². The van der Waals surface area contributed by atoms with Gasteiger partial charge in [-0.2, -0.15) is 0 Å². The van der Waals surface area contributed by atoms with E-state index in [9.17, 15) is 19.2 Å². The maximum absolute atomic E-state index is 11.8. The Bertz CT molecular complexity index is 411. The van der Waals surface area contributed by atoms with Gasteiger partial charge in [-0.15, -0.1) is 0 Å². The van der Waals surface area contributed by atoms with E-state index in [1.54, 1.807) is 20.8 Å². The van der Waals surface area contributed by atoms with Crippen LogP contribution in [-0.4, -0.2) is 47.8 Å². The molecular weight excluding hydrogens is 314 g/mol. The maximum atomic E-state index is 11.8. The molecule has 0 saturated heterocycles. The van der Waals surface area contributed by atoms with E-state index < -0.39 is 36.0 Å². The molecule has 0 heterocycles. The lowest BCUT2D eigenvalue weighted by atomic mass is 10.3. The summed E-state index contributed by atoms with van der Waals surface area (Å²) in [6.07, 6.45) is -0.162. The van der Waals surface area contributed by atoms with Gasteiger partial charge in [0.25, 0.3) is 0 Å². The molecule has 0 aromatic carbocycles. The molecule has 0 bridgehead atoms. The topological polar surface area (TPSA) is 108 Å². The molecule has 0 fully saturated rings. The summed E-state index contributed by atoms with van der Waals surface area (Å²) in [5, 5.41) is 1.67. The van der Waals surface area contributed by atoms with Crippen LogP contribution in [0.5, 0.6) is 0 Å². The van der Waals surface area contributed by atoms with E-state index in [-0.39, 0.29) is 18.3 Å². The molecule has 126 valence electrons. The molecule has 0 aromatic rings. The number of esters is 2. The van der Waals surface area contributed by atoms with Crippen molar-refractivity contribution in [2.75, 3.05) is 12.5 Å². The summed E-state index contributed by atoms with van der Waals surface area (Å²) < 4.78 is 14.2. The van der Waals surface area contributed by atoms with Crippen molar-refractivity contribution in [3.63, 3.8) is 0 Å². The van der Waals surface area contributed by atoms with Crippen LogP contribution >= 0.6 is 11.8 Å². The second-order valence-electron chi connectivity index (χ2n) is 4.43. The minimum atomic E-state index is -0.962. The molecule has 22 heavy (non-hydrogen) atoms. The van der Waals surface area contributed by atoms with Gasteiger partial charge in [-0.1, -0.05) is 6.92 Å². The largest absolute Gasteiger partial charge is 0.461 e. The third kappa shape index (κ3) is 10.0. The highest BCUT2D eigenvalue weighted by molar-refractivity contribution is 8.13. The number of thioether (sulfide) groups is 1. The zero-order valence-corrected chi connectivity index (χ0v) is 13.9. The molecule has 0 rings (SSSR count). The van der Waals surface area contributed by atoms with Gasteiger partial charge in [-0.05, 0) is 25.6 Å². The molecule has 8 nitrogen and oxygen atoms in total. The average Bonchev–Trinajstić information content (AvgIpc) is 2.41. The molecule has 0 aliphatic heterocycles.